The van der Waals surface area contributed by atoms with Crippen LogP contribution in [0.3, 0.4) is 0 Å². The number of hydrogen-bond donors (Lipinski definition) is 2. The molecule has 2 rings (SSSR count). The van der Waals surface area contributed by atoms with E-state index in [0.29, 0.717) is 6.54 Å². The molecule has 0 amide bonds. The van der Waals surface area contributed by atoms with Crippen LogP contribution in [0.2, 0.25) is 0 Å². The maximum Gasteiger partial charge on any atom is 0.394 e. The number of nitrogen functional groups attached to an aromatic ring is 1. The van der Waals surface area contributed by atoms with Crippen molar-refractivity contribution in [1.82, 2.24) is 9.97 Å². The Labute approximate surface area is 88.8 Å². The monoisotopic (exact) mass is 234 g/mol. The lowest BCUT2D eigenvalue weighted by Crippen LogP contribution is -2.23. The Kier molecular flexibility index (Phi) is 2.49. The first-order chi connectivity index (χ1) is 7.46. The Bertz CT molecular complexity index is 407. The van der Waals surface area contributed by atoms with Gasteiger partial charge in [-0.3, -0.25) is 0 Å². The maximum atomic E-state index is 12.3. The molecule has 5 nitrogen and oxygen atoms in total. The molecular weight excluding hydrogens is 225 g/mol. The van der Waals surface area contributed by atoms with Crippen molar-refractivity contribution >= 4 is 11.8 Å². The van der Waals surface area contributed by atoms with Crippen LogP contribution in [0.4, 0.5) is 24.9 Å². The molecule has 2 heterocycles. The van der Waals surface area contributed by atoms with E-state index < -0.39 is 12.6 Å². The summed E-state index contributed by atoms with van der Waals surface area (Å²) in [6.45, 7) is 0.764. The highest BCUT2D eigenvalue weighted by molar-refractivity contribution is 5.56. The second-order valence-electron chi connectivity index (χ2n) is 3.27. The number of anilines is 2. The van der Waals surface area contributed by atoms with Crippen LogP contribution in [0.1, 0.15) is 5.69 Å². The van der Waals surface area contributed by atoms with Crippen molar-refractivity contribution in [3.8, 4) is 5.75 Å². The Morgan fingerprint density at radius 3 is 2.81 bits per heavy atom. The van der Waals surface area contributed by atoms with Crippen molar-refractivity contribution in [3.63, 3.8) is 0 Å². The van der Waals surface area contributed by atoms with Crippen molar-refractivity contribution in [1.29, 1.82) is 0 Å². The van der Waals surface area contributed by atoms with Gasteiger partial charge in [-0.25, -0.2) is 4.98 Å². The minimum absolute atomic E-state index is 0.0396. The van der Waals surface area contributed by atoms with E-state index >= 15 is 0 Å². The van der Waals surface area contributed by atoms with Gasteiger partial charge in [0, 0.05) is 0 Å². The van der Waals surface area contributed by atoms with E-state index in [0.717, 1.165) is 0 Å². The highest BCUT2D eigenvalue weighted by Gasteiger charge is 2.32. The largest absolute Gasteiger partial charge is 0.486 e. The second kappa shape index (κ2) is 3.69. The lowest BCUT2D eigenvalue weighted by molar-refractivity contribution is -0.128. The molecule has 88 valence electrons. The van der Waals surface area contributed by atoms with Crippen molar-refractivity contribution in [3.05, 3.63) is 5.69 Å². The summed E-state index contributed by atoms with van der Waals surface area (Å²) in [5.41, 5.74) is 5.08. The van der Waals surface area contributed by atoms with Crippen molar-refractivity contribution in [2.75, 3.05) is 24.2 Å². The van der Waals surface area contributed by atoms with E-state index in [1.54, 1.807) is 0 Å². The summed E-state index contributed by atoms with van der Waals surface area (Å²) in [5, 5.41) is 2.81. The lowest BCUT2D eigenvalue weighted by Gasteiger charge is -2.20. The molecule has 0 saturated heterocycles. The molecule has 16 heavy (non-hydrogen) atoms. The van der Waals surface area contributed by atoms with E-state index in [1.165, 1.54) is 0 Å². The van der Waals surface area contributed by atoms with Gasteiger partial charge in [0.05, 0.1) is 18.7 Å². The standard InChI is InChI=1S/C8H9F3N4O/c9-8(10,11)3-4-5-6(13-1-2-16-5)15-7(12)14-4/h1-3H2,(H3,12,13,14,15). The average Bonchev–Trinajstić information content (AvgIpc) is 2.14. The molecular formula is C8H9F3N4O. The van der Waals surface area contributed by atoms with Gasteiger partial charge in [-0.2, -0.15) is 18.2 Å². The van der Waals surface area contributed by atoms with Gasteiger partial charge in [0.15, 0.2) is 11.6 Å². The van der Waals surface area contributed by atoms with Crippen molar-refractivity contribution in [2.24, 2.45) is 0 Å². The number of alkyl halides is 3. The van der Waals surface area contributed by atoms with Gasteiger partial charge in [0.1, 0.15) is 6.61 Å². The van der Waals surface area contributed by atoms with Gasteiger partial charge in [-0.1, -0.05) is 0 Å². The third-order valence-electron chi connectivity index (χ3n) is 1.96. The average molecular weight is 234 g/mol. The highest BCUT2D eigenvalue weighted by Crippen LogP contribution is 2.33. The number of nitrogens with one attached hydrogen (secondary N) is 1. The lowest BCUT2D eigenvalue weighted by atomic mass is 10.2. The molecule has 3 N–H and O–H groups in total. The fraction of sp³-hybridized carbons (Fsp3) is 0.500. The van der Waals surface area contributed by atoms with Gasteiger partial charge < -0.3 is 15.8 Å². The Morgan fingerprint density at radius 1 is 1.38 bits per heavy atom. The fourth-order valence-corrected chi connectivity index (χ4v) is 1.42. The molecule has 0 spiro atoms. The number of ether oxygens (including phenoxy) is 1. The first kappa shape index (κ1) is 10.8. The molecule has 1 aromatic heterocycles. The minimum atomic E-state index is -4.35. The topological polar surface area (TPSA) is 73.1 Å². The summed E-state index contributed by atoms with van der Waals surface area (Å²) in [5.74, 6) is 0.0618. The number of nitrogens with two attached hydrogens (primary N) is 1. The number of halogens is 3. The zero-order valence-corrected chi connectivity index (χ0v) is 8.14. The third kappa shape index (κ3) is 2.26. The van der Waals surface area contributed by atoms with E-state index in [4.69, 9.17) is 10.5 Å². The van der Waals surface area contributed by atoms with Crippen LogP contribution in [0, 0.1) is 0 Å². The van der Waals surface area contributed by atoms with Crippen LogP contribution in [0.15, 0.2) is 0 Å². The highest BCUT2D eigenvalue weighted by atomic mass is 19.4. The van der Waals surface area contributed by atoms with Crippen LogP contribution in [0.25, 0.3) is 0 Å². The van der Waals surface area contributed by atoms with Gasteiger partial charge in [0.25, 0.3) is 0 Å². The Hall–Kier alpha value is -1.73. The first-order valence-electron chi connectivity index (χ1n) is 4.55. The molecule has 0 saturated carbocycles. The first-order valence-corrected chi connectivity index (χ1v) is 4.55. The summed E-state index contributed by atoms with van der Waals surface area (Å²) < 4.78 is 41.9. The summed E-state index contributed by atoms with van der Waals surface area (Å²) in [6, 6.07) is 0. The van der Waals surface area contributed by atoms with Gasteiger partial charge >= 0.3 is 6.18 Å². The molecule has 1 aromatic rings. The number of hydrogen-bond acceptors (Lipinski definition) is 5. The summed E-state index contributed by atoms with van der Waals surface area (Å²) in [7, 11) is 0. The van der Waals surface area contributed by atoms with Gasteiger partial charge in [-0.15, -0.1) is 0 Å². The normalized spacial score (nSPS) is 14.9. The smallest absolute Gasteiger partial charge is 0.394 e. The van der Waals surface area contributed by atoms with E-state index in [9.17, 15) is 13.2 Å². The molecule has 0 fully saturated rings. The van der Waals surface area contributed by atoms with Gasteiger partial charge in [0.2, 0.25) is 5.95 Å². The molecule has 0 aliphatic carbocycles. The number of fused-ring (bicyclic) bond motifs is 1. The predicted octanol–water partition coefficient (Wildman–Crippen LogP) is 0.968. The molecule has 0 unspecified atom stereocenters. The molecule has 8 heteroatoms. The van der Waals surface area contributed by atoms with Crippen LogP contribution >= 0.6 is 0 Å². The molecule has 0 aromatic carbocycles. The molecule has 0 atom stereocenters. The number of nitrogens with zero attached hydrogens (tertiary/aromatic N) is 2. The maximum absolute atomic E-state index is 12.3. The SMILES string of the molecule is Nc1nc(CC(F)(F)F)c2c(n1)NCCO2. The summed E-state index contributed by atoms with van der Waals surface area (Å²) in [6.07, 6.45) is -5.53. The van der Waals surface area contributed by atoms with E-state index in [-0.39, 0.29) is 29.8 Å². The van der Waals surface area contributed by atoms with Crippen molar-refractivity contribution < 1.29 is 17.9 Å². The number of rotatable bonds is 1. The van der Waals surface area contributed by atoms with E-state index in [1.807, 2.05) is 0 Å². The van der Waals surface area contributed by atoms with Crippen LogP contribution in [-0.2, 0) is 6.42 Å². The Balaban J connectivity index is 2.39. The molecule has 0 radical (unpaired) electrons. The quantitative estimate of drug-likeness (QED) is 0.757. The number of aromatic nitrogens is 2. The van der Waals surface area contributed by atoms with Crippen LogP contribution in [0.5, 0.6) is 5.75 Å². The zero-order valence-electron chi connectivity index (χ0n) is 8.14. The second-order valence-corrected chi connectivity index (χ2v) is 3.27. The van der Waals surface area contributed by atoms with Crippen LogP contribution in [-0.4, -0.2) is 29.3 Å². The molecule has 1 aliphatic heterocycles. The molecule has 0 bridgehead atoms. The molecule has 1 aliphatic rings. The summed E-state index contributed by atoms with van der Waals surface area (Å²) in [4.78, 5) is 7.32. The Morgan fingerprint density at radius 2 is 2.12 bits per heavy atom. The fourth-order valence-electron chi connectivity index (χ4n) is 1.42. The van der Waals surface area contributed by atoms with E-state index in [2.05, 4.69) is 15.3 Å². The minimum Gasteiger partial charge on any atom is -0.486 e. The predicted molar refractivity (Wildman–Crippen MR) is 50.2 cm³/mol. The van der Waals surface area contributed by atoms with Crippen LogP contribution < -0.4 is 15.8 Å². The third-order valence-corrected chi connectivity index (χ3v) is 1.96. The van der Waals surface area contributed by atoms with Crippen molar-refractivity contribution in [2.45, 2.75) is 12.6 Å². The zero-order chi connectivity index (χ0) is 11.8. The van der Waals surface area contributed by atoms with Gasteiger partial charge in [-0.05, 0) is 0 Å². The summed E-state index contributed by atoms with van der Waals surface area (Å²) >= 11 is 0.